The van der Waals surface area contributed by atoms with Crippen molar-refractivity contribution in [2.75, 3.05) is 0 Å². The van der Waals surface area contributed by atoms with Gasteiger partial charge < -0.3 is 15.0 Å². The average molecular weight is 289 g/mol. The molecule has 2 aromatic rings. The van der Waals surface area contributed by atoms with E-state index in [1.165, 1.54) is 0 Å². The molecule has 0 saturated carbocycles. The van der Waals surface area contributed by atoms with E-state index in [0.29, 0.717) is 6.42 Å². The van der Waals surface area contributed by atoms with Crippen molar-refractivity contribution in [3.63, 3.8) is 0 Å². The number of aromatic nitrogens is 2. The zero-order chi connectivity index (χ0) is 15.2. The number of imidazole rings is 1. The Morgan fingerprint density at radius 2 is 2.14 bits per heavy atom. The van der Waals surface area contributed by atoms with Crippen LogP contribution >= 0.6 is 0 Å². The predicted molar refractivity (Wildman–Crippen MR) is 78.8 cm³/mol. The molecule has 1 atom stereocenters. The van der Waals surface area contributed by atoms with E-state index < -0.39 is 12.0 Å². The molecule has 0 saturated heterocycles. The number of fused-ring (bicyclic) bond motifs is 1. The summed E-state index contributed by atoms with van der Waals surface area (Å²) < 4.78 is 1.71. The Morgan fingerprint density at radius 1 is 1.38 bits per heavy atom. The highest BCUT2D eigenvalue weighted by Gasteiger charge is 2.19. The Bertz CT molecular complexity index is 636. The molecule has 6 nitrogen and oxygen atoms in total. The van der Waals surface area contributed by atoms with Gasteiger partial charge in [0.25, 0.3) is 0 Å². The molecule has 6 heteroatoms. The first kappa shape index (κ1) is 15.0. The number of rotatable bonds is 7. The van der Waals surface area contributed by atoms with E-state index >= 15 is 0 Å². The van der Waals surface area contributed by atoms with Crippen LogP contribution in [0.1, 0.15) is 26.2 Å². The summed E-state index contributed by atoms with van der Waals surface area (Å²) in [4.78, 5) is 27.3. The second-order valence-electron chi connectivity index (χ2n) is 4.96. The second-order valence-corrected chi connectivity index (χ2v) is 4.96. The van der Waals surface area contributed by atoms with Crippen molar-refractivity contribution < 1.29 is 14.7 Å². The van der Waals surface area contributed by atoms with Crippen LogP contribution in [0.2, 0.25) is 0 Å². The molecule has 1 heterocycles. The van der Waals surface area contributed by atoms with Crippen molar-refractivity contribution in [3.05, 3.63) is 30.6 Å². The van der Waals surface area contributed by atoms with E-state index in [1.54, 1.807) is 10.9 Å². The van der Waals surface area contributed by atoms with E-state index in [4.69, 9.17) is 5.11 Å². The Kier molecular flexibility index (Phi) is 4.92. The number of aliphatic carboxylic acids is 1. The van der Waals surface area contributed by atoms with Gasteiger partial charge in [-0.05, 0) is 18.6 Å². The first-order valence-corrected chi connectivity index (χ1v) is 7.04. The molecule has 0 radical (unpaired) electrons. The number of para-hydroxylation sites is 2. The van der Waals surface area contributed by atoms with Crippen LogP contribution in [-0.4, -0.2) is 32.6 Å². The van der Waals surface area contributed by atoms with Crippen molar-refractivity contribution in [1.29, 1.82) is 0 Å². The summed E-state index contributed by atoms with van der Waals surface area (Å²) in [6.45, 7) is 2.05. The Balaban J connectivity index is 2.02. The summed E-state index contributed by atoms with van der Waals surface area (Å²) in [5.74, 6) is -1.31. The third kappa shape index (κ3) is 3.81. The maximum absolute atomic E-state index is 12.0. The SMILES string of the molecule is CCCC[C@H](NC(=O)Cn1cnc2ccccc21)C(=O)O. The summed E-state index contributed by atoms with van der Waals surface area (Å²) in [7, 11) is 0. The molecule has 1 amide bonds. The van der Waals surface area contributed by atoms with Crippen molar-refractivity contribution in [2.24, 2.45) is 0 Å². The van der Waals surface area contributed by atoms with E-state index in [9.17, 15) is 9.59 Å². The van der Waals surface area contributed by atoms with Gasteiger partial charge in [0.2, 0.25) is 5.91 Å². The lowest BCUT2D eigenvalue weighted by Gasteiger charge is -2.14. The average Bonchev–Trinajstić information content (AvgIpc) is 2.86. The lowest BCUT2D eigenvalue weighted by Crippen LogP contribution is -2.42. The van der Waals surface area contributed by atoms with Gasteiger partial charge in [-0.3, -0.25) is 4.79 Å². The zero-order valence-electron chi connectivity index (χ0n) is 12.0. The highest BCUT2D eigenvalue weighted by atomic mass is 16.4. The smallest absolute Gasteiger partial charge is 0.326 e. The number of nitrogens with one attached hydrogen (secondary N) is 1. The fourth-order valence-corrected chi connectivity index (χ4v) is 2.20. The maximum Gasteiger partial charge on any atom is 0.326 e. The van der Waals surface area contributed by atoms with Crippen molar-refractivity contribution >= 4 is 22.9 Å². The largest absolute Gasteiger partial charge is 0.480 e. The van der Waals surface area contributed by atoms with Crippen LogP contribution in [0.15, 0.2) is 30.6 Å². The third-order valence-electron chi connectivity index (χ3n) is 3.32. The van der Waals surface area contributed by atoms with Gasteiger partial charge in [-0.2, -0.15) is 0 Å². The topological polar surface area (TPSA) is 84.2 Å². The molecule has 0 bridgehead atoms. The van der Waals surface area contributed by atoms with Crippen LogP contribution in [-0.2, 0) is 16.1 Å². The van der Waals surface area contributed by atoms with Crippen LogP contribution in [0.25, 0.3) is 11.0 Å². The van der Waals surface area contributed by atoms with Crippen molar-refractivity contribution in [3.8, 4) is 0 Å². The molecule has 1 aromatic heterocycles. The molecule has 112 valence electrons. The standard InChI is InChI=1S/C15H19N3O3/c1-2-3-6-12(15(20)21)17-14(19)9-18-10-16-11-7-4-5-8-13(11)18/h4-5,7-8,10,12H,2-3,6,9H2,1H3,(H,17,19)(H,20,21)/t12-/m0/s1. The number of carboxylic acid groups (broad SMARTS) is 1. The lowest BCUT2D eigenvalue weighted by molar-refractivity contribution is -0.142. The van der Waals surface area contributed by atoms with Gasteiger partial charge in [0.1, 0.15) is 12.6 Å². The van der Waals surface area contributed by atoms with Gasteiger partial charge >= 0.3 is 5.97 Å². The monoisotopic (exact) mass is 289 g/mol. The zero-order valence-corrected chi connectivity index (χ0v) is 12.0. The minimum atomic E-state index is -0.993. The van der Waals surface area contributed by atoms with Crippen LogP contribution in [0, 0.1) is 0 Å². The van der Waals surface area contributed by atoms with Crippen molar-refractivity contribution in [1.82, 2.24) is 14.9 Å². The number of carbonyl (C=O) groups is 2. The van der Waals surface area contributed by atoms with Crippen LogP contribution in [0.4, 0.5) is 0 Å². The van der Waals surface area contributed by atoms with Crippen LogP contribution in [0.5, 0.6) is 0 Å². The molecule has 2 N–H and O–H groups in total. The maximum atomic E-state index is 12.0. The van der Waals surface area contributed by atoms with Crippen LogP contribution in [0.3, 0.4) is 0 Å². The molecular formula is C15H19N3O3. The van der Waals surface area contributed by atoms with Crippen molar-refractivity contribution in [2.45, 2.75) is 38.8 Å². The van der Waals surface area contributed by atoms with E-state index in [-0.39, 0.29) is 12.5 Å². The molecule has 0 spiro atoms. The predicted octanol–water partition coefficient (Wildman–Crippen LogP) is 1.80. The molecule has 0 aliphatic rings. The number of nitrogens with zero attached hydrogens (tertiary/aromatic N) is 2. The summed E-state index contributed by atoms with van der Waals surface area (Å²) in [6, 6.07) is 6.67. The highest BCUT2D eigenvalue weighted by molar-refractivity contribution is 5.84. The van der Waals surface area contributed by atoms with Gasteiger partial charge in [-0.25, -0.2) is 9.78 Å². The number of carboxylic acids is 1. The summed E-state index contributed by atoms with van der Waals surface area (Å²) in [5, 5.41) is 11.7. The highest BCUT2D eigenvalue weighted by Crippen LogP contribution is 2.11. The molecule has 0 fully saturated rings. The molecule has 1 aromatic carbocycles. The van der Waals surface area contributed by atoms with Gasteiger partial charge in [0.05, 0.1) is 17.4 Å². The fourth-order valence-electron chi connectivity index (χ4n) is 2.20. The first-order valence-electron chi connectivity index (χ1n) is 7.04. The van der Waals surface area contributed by atoms with E-state index in [1.807, 2.05) is 31.2 Å². The normalized spacial score (nSPS) is 12.2. The van der Waals surface area contributed by atoms with Gasteiger partial charge in [0, 0.05) is 0 Å². The molecule has 0 aliphatic heterocycles. The fraction of sp³-hybridized carbons (Fsp3) is 0.400. The second kappa shape index (κ2) is 6.88. The van der Waals surface area contributed by atoms with Gasteiger partial charge in [-0.15, -0.1) is 0 Å². The minimum Gasteiger partial charge on any atom is -0.480 e. The molecule has 2 rings (SSSR count). The molecule has 0 unspecified atom stereocenters. The third-order valence-corrected chi connectivity index (χ3v) is 3.32. The number of hydrogen-bond acceptors (Lipinski definition) is 3. The lowest BCUT2D eigenvalue weighted by atomic mass is 10.1. The Hall–Kier alpha value is -2.37. The molecule has 0 aliphatic carbocycles. The summed E-state index contributed by atoms with van der Waals surface area (Å²) >= 11 is 0. The number of benzene rings is 1. The molecular weight excluding hydrogens is 270 g/mol. The van der Waals surface area contributed by atoms with Crippen LogP contribution < -0.4 is 5.32 Å². The van der Waals surface area contributed by atoms with E-state index in [2.05, 4.69) is 10.3 Å². The van der Waals surface area contributed by atoms with E-state index in [0.717, 1.165) is 23.9 Å². The Labute approximate surface area is 122 Å². The summed E-state index contributed by atoms with van der Waals surface area (Å²) in [6.07, 6.45) is 3.70. The number of hydrogen-bond donors (Lipinski definition) is 2. The minimum absolute atomic E-state index is 0.0659. The Morgan fingerprint density at radius 3 is 2.86 bits per heavy atom. The van der Waals surface area contributed by atoms with Gasteiger partial charge in [-0.1, -0.05) is 31.9 Å². The number of carbonyl (C=O) groups excluding carboxylic acids is 1. The number of amides is 1. The van der Waals surface area contributed by atoms with Gasteiger partial charge in [0.15, 0.2) is 0 Å². The molecule has 21 heavy (non-hydrogen) atoms. The quantitative estimate of drug-likeness (QED) is 0.814. The number of unbranched alkanes of at least 4 members (excludes halogenated alkanes) is 1. The first-order chi connectivity index (χ1) is 10.1. The summed E-state index contributed by atoms with van der Waals surface area (Å²) in [5.41, 5.74) is 1.67.